The van der Waals surface area contributed by atoms with Crippen molar-refractivity contribution in [2.45, 2.75) is 37.0 Å². The highest BCUT2D eigenvalue weighted by molar-refractivity contribution is 7.99. The van der Waals surface area contributed by atoms with Crippen LogP contribution in [0.4, 0.5) is 5.69 Å². The molecule has 0 aromatic heterocycles. The molecule has 1 aliphatic carbocycles. The number of benzene rings is 1. The molecule has 1 heterocycles. The third-order valence-corrected chi connectivity index (χ3v) is 5.70. The summed E-state index contributed by atoms with van der Waals surface area (Å²) in [6, 6.07) is 6.36. The molecule has 3 rings (SSSR count). The van der Waals surface area contributed by atoms with E-state index >= 15 is 0 Å². The van der Waals surface area contributed by atoms with Gasteiger partial charge in [0.1, 0.15) is 5.75 Å². The maximum Gasteiger partial charge on any atom is 0.120 e. The fraction of sp³-hybridized carbons (Fsp3) is 0.600. The molecular formula is C15H21NOS. The number of fused-ring (bicyclic) bond motifs is 1. The first-order valence-electron chi connectivity index (χ1n) is 6.86. The number of rotatable bonds is 1. The monoisotopic (exact) mass is 263 g/mol. The topological polar surface area (TPSA) is 21.3 Å². The zero-order valence-electron chi connectivity index (χ0n) is 11.0. The molecule has 18 heavy (non-hydrogen) atoms. The minimum atomic E-state index is 0.523. The van der Waals surface area contributed by atoms with Gasteiger partial charge in [-0.1, -0.05) is 19.3 Å². The average molecular weight is 263 g/mol. The van der Waals surface area contributed by atoms with Crippen LogP contribution in [-0.4, -0.2) is 19.4 Å². The van der Waals surface area contributed by atoms with Gasteiger partial charge in [-0.15, -0.1) is 11.8 Å². The Labute approximate surface area is 113 Å². The summed E-state index contributed by atoms with van der Waals surface area (Å²) in [6.07, 6.45) is 7.01. The van der Waals surface area contributed by atoms with Crippen molar-refractivity contribution in [2.24, 2.45) is 5.41 Å². The van der Waals surface area contributed by atoms with E-state index in [0.29, 0.717) is 5.41 Å². The van der Waals surface area contributed by atoms with Crippen LogP contribution in [0.15, 0.2) is 23.1 Å². The van der Waals surface area contributed by atoms with Crippen LogP contribution in [0.3, 0.4) is 0 Å². The Balaban J connectivity index is 1.81. The molecule has 1 spiro atoms. The molecule has 1 aromatic rings. The molecular weight excluding hydrogens is 242 g/mol. The summed E-state index contributed by atoms with van der Waals surface area (Å²) in [5.74, 6) is 2.21. The Kier molecular flexibility index (Phi) is 3.42. The lowest BCUT2D eigenvalue weighted by atomic mass is 9.75. The number of hydrogen-bond donors (Lipinski definition) is 1. The minimum Gasteiger partial charge on any atom is -0.497 e. The summed E-state index contributed by atoms with van der Waals surface area (Å²) >= 11 is 2.00. The van der Waals surface area contributed by atoms with E-state index in [2.05, 4.69) is 17.4 Å². The molecule has 0 radical (unpaired) electrons. The van der Waals surface area contributed by atoms with Gasteiger partial charge in [-0.2, -0.15) is 0 Å². The van der Waals surface area contributed by atoms with Crippen molar-refractivity contribution in [3.05, 3.63) is 18.2 Å². The van der Waals surface area contributed by atoms with E-state index in [1.165, 1.54) is 48.4 Å². The Bertz CT molecular complexity index is 427. The lowest BCUT2D eigenvalue weighted by Crippen LogP contribution is -2.33. The van der Waals surface area contributed by atoms with Gasteiger partial charge in [-0.3, -0.25) is 0 Å². The average Bonchev–Trinajstić information content (AvgIpc) is 2.60. The molecule has 0 bridgehead atoms. The Hall–Kier alpha value is -0.830. The molecule has 1 N–H and O–H groups in total. The van der Waals surface area contributed by atoms with Gasteiger partial charge in [-0.25, -0.2) is 0 Å². The van der Waals surface area contributed by atoms with Crippen molar-refractivity contribution >= 4 is 17.4 Å². The van der Waals surface area contributed by atoms with Crippen molar-refractivity contribution in [3.8, 4) is 5.75 Å². The van der Waals surface area contributed by atoms with Gasteiger partial charge in [0.2, 0.25) is 0 Å². The van der Waals surface area contributed by atoms with Crippen molar-refractivity contribution < 1.29 is 4.74 Å². The molecule has 98 valence electrons. The predicted molar refractivity (Wildman–Crippen MR) is 77.7 cm³/mol. The summed E-state index contributed by atoms with van der Waals surface area (Å²) in [6.45, 7) is 1.14. The van der Waals surface area contributed by atoms with Crippen LogP contribution in [-0.2, 0) is 0 Å². The highest BCUT2D eigenvalue weighted by atomic mass is 32.2. The molecule has 1 saturated carbocycles. The molecule has 1 aliphatic heterocycles. The van der Waals surface area contributed by atoms with Gasteiger partial charge in [0.15, 0.2) is 0 Å². The highest BCUT2D eigenvalue weighted by Crippen LogP contribution is 2.45. The lowest BCUT2D eigenvalue weighted by molar-refractivity contribution is 0.241. The molecule has 0 saturated heterocycles. The number of anilines is 1. The summed E-state index contributed by atoms with van der Waals surface area (Å²) in [4.78, 5) is 1.34. The van der Waals surface area contributed by atoms with E-state index in [4.69, 9.17) is 4.74 Å². The van der Waals surface area contributed by atoms with E-state index in [9.17, 15) is 0 Å². The van der Waals surface area contributed by atoms with E-state index in [1.807, 2.05) is 17.8 Å². The van der Waals surface area contributed by atoms with E-state index in [-0.39, 0.29) is 0 Å². The quantitative estimate of drug-likeness (QED) is 0.822. The van der Waals surface area contributed by atoms with Crippen molar-refractivity contribution in [1.29, 1.82) is 0 Å². The van der Waals surface area contributed by atoms with Gasteiger partial charge in [0.25, 0.3) is 0 Å². The number of thioether (sulfide) groups is 1. The Morgan fingerprint density at radius 1 is 1.22 bits per heavy atom. The third kappa shape index (κ3) is 2.33. The molecule has 1 fully saturated rings. The molecule has 3 heteroatoms. The first-order chi connectivity index (χ1) is 8.81. The molecule has 2 aliphatic rings. The largest absolute Gasteiger partial charge is 0.497 e. The van der Waals surface area contributed by atoms with Crippen LogP contribution in [0.5, 0.6) is 5.75 Å². The van der Waals surface area contributed by atoms with E-state index in [1.54, 1.807) is 7.11 Å². The summed E-state index contributed by atoms with van der Waals surface area (Å²) in [5.41, 5.74) is 1.80. The van der Waals surface area contributed by atoms with Crippen LogP contribution >= 0.6 is 11.8 Å². The number of methoxy groups -OCH3 is 1. The summed E-state index contributed by atoms with van der Waals surface area (Å²) in [7, 11) is 1.74. The second kappa shape index (κ2) is 5.04. The van der Waals surface area contributed by atoms with Gasteiger partial charge in [0, 0.05) is 22.9 Å². The number of nitrogens with one attached hydrogen (secondary N) is 1. The summed E-state index contributed by atoms with van der Waals surface area (Å²) < 4.78 is 5.32. The van der Waals surface area contributed by atoms with Gasteiger partial charge in [-0.05, 0) is 36.5 Å². The molecule has 0 amide bonds. The summed E-state index contributed by atoms with van der Waals surface area (Å²) in [5, 5.41) is 3.66. The zero-order valence-corrected chi connectivity index (χ0v) is 11.8. The van der Waals surface area contributed by atoms with Gasteiger partial charge < -0.3 is 10.1 Å². The van der Waals surface area contributed by atoms with Crippen LogP contribution < -0.4 is 10.1 Å². The molecule has 0 atom stereocenters. The van der Waals surface area contributed by atoms with E-state index in [0.717, 1.165) is 12.3 Å². The molecule has 0 unspecified atom stereocenters. The normalized spacial score (nSPS) is 21.8. The first-order valence-corrected chi connectivity index (χ1v) is 7.85. The predicted octanol–water partition coefficient (Wildman–Crippen LogP) is 4.16. The van der Waals surface area contributed by atoms with Crippen molar-refractivity contribution in [1.82, 2.24) is 0 Å². The third-order valence-electron chi connectivity index (χ3n) is 4.29. The Morgan fingerprint density at radius 2 is 2.06 bits per heavy atom. The van der Waals surface area contributed by atoms with Crippen LogP contribution in [0.2, 0.25) is 0 Å². The smallest absolute Gasteiger partial charge is 0.120 e. The lowest BCUT2D eigenvalue weighted by Gasteiger charge is -2.35. The number of hydrogen-bond acceptors (Lipinski definition) is 3. The molecule has 1 aromatic carbocycles. The van der Waals surface area contributed by atoms with Crippen molar-refractivity contribution in [2.75, 3.05) is 24.7 Å². The minimum absolute atomic E-state index is 0.523. The van der Waals surface area contributed by atoms with Gasteiger partial charge in [0.05, 0.1) is 7.11 Å². The van der Waals surface area contributed by atoms with Crippen LogP contribution in [0.1, 0.15) is 32.1 Å². The Morgan fingerprint density at radius 3 is 2.83 bits per heavy atom. The fourth-order valence-electron chi connectivity index (χ4n) is 3.08. The van der Waals surface area contributed by atoms with Crippen molar-refractivity contribution in [3.63, 3.8) is 0 Å². The van der Waals surface area contributed by atoms with E-state index < -0.39 is 0 Å². The standard InChI is InChI=1S/C15H21NOS/c1-17-12-5-6-13-14(9-12)18-11-15(10-16-13)7-3-2-4-8-15/h5-6,9,16H,2-4,7-8,10-11H2,1H3. The first kappa shape index (κ1) is 12.2. The maximum absolute atomic E-state index is 5.32. The van der Waals surface area contributed by atoms with Crippen LogP contribution in [0.25, 0.3) is 0 Å². The highest BCUT2D eigenvalue weighted by Gasteiger charge is 2.34. The zero-order chi connectivity index (χ0) is 12.4. The maximum atomic E-state index is 5.32. The second-order valence-corrected chi connectivity index (χ2v) is 6.58. The SMILES string of the molecule is COc1ccc2c(c1)SCC1(CCCCC1)CN2. The molecule has 2 nitrogen and oxygen atoms in total. The fourth-order valence-corrected chi connectivity index (χ4v) is 4.43. The number of ether oxygens (including phenoxy) is 1. The van der Waals surface area contributed by atoms with Crippen LogP contribution in [0, 0.1) is 5.41 Å². The van der Waals surface area contributed by atoms with Gasteiger partial charge >= 0.3 is 0 Å². The second-order valence-electron chi connectivity index (χ2n) is 5.56.